The van der Waals surface area contributed by atoms with E-state index >= 15 is 0 Å². The van der Waals surface area contributed by atoms with E-state index in [1.807, 2.05) is 30.3 Å². The summed E-state index contributed by atoms with van der Waals surface area (Å²) in [6, 6.07) is 12.9. The number of H-pyrrole nitrogens is 1. The van der Waals surface area contributed by atoms with Gasteiger partial charge >= 0.3 is 0 Å². The van der Waals surface area contributed by atoms with Crippen molar-refractivity contribution in [3.63, 3.8) is 0 Å². The second-order valence-electron chi connectivity index (χ2n) is 6.25. The number of nitrogens with one attached hydrogen (secondary N) is 2. The number of pyridine rings is 1. The number of carbonyl (C=O) groups excluding carboxylic acids is 1. The predicted octanol–water partition coefficient (Wildman–Crippen LogP) is 4.67. The van der Waals surface area contributed by atoms with Crippen LogP contribution in [0.4, 0.5) is 0 Å². The van der Waals surface area contributed by atoms with Crippen LogP contribution in [0, 0.1) is 0 Å². The molecule has 0 spiro atoms. The maximum absolute atomic E-state index is 12.3. The maximum atomic E-state index is 12.3. The first kappa shape index (κ1) is 18.3. The predicted molar refractivity (Wildman–Crippen MR) is 109 cm³/mol. The van der Waals surface area contributed by atoms with Gasteiger partial charge in [0.1, 0.15) is 17.2 Å². The van der Waals surface area contributed by atoms with Crippen LogP contribution in [-0.4, -0.2) is 30.0 Å². The second-order valence-corrected chi connectivity index (χ2v) is 6.68. The normalized spacial score (nSPS) is 11.1. The van der Waals surface area contributed by atoms with Crippen molar-refractivity contribution < 1.29 is 14.3 Å². The maximum Gasteiger partial charge on any atom is 0.270 e. The van der Waals surface area contributed by atoms with Gasteiger partial charge in [0.15, 0.2) is 0 Å². The smallest absolute Gasteiger partial charge is 0.270 e. The number of rotatable bonds is 5. The van der Waals surface area contributed by atoms with Gasteiger partial charge in [-0.3, -0.25) is 4.79 Å². The largest absolute Gasteiger partial charge is 0.457 e. The second kappa shape index (κ2) is 7.50. The Morgan fingerprint density at radius 1 is 1.14 bits per heavy atom. The molecule has 0 radical (unpaired) electrons. The zero-order chi connectivity index (χ0) is 19.7. The molecular weight excluding hydrogens is 378 g/mol. The van der Waals surface area contributed by atoms with Gasteiger partial charge in [-0.05, 0) is 36.4 Å². The van der Waals surface area contributed by atoms with Crippen molar-refractivity contribution >= 4 is 39.3 Å². The van der Waals surface area contributed by atoms with Crippen LogP contribution in [0.1, 0.15) is 16.1 Å². The zero-order valence-corrected chi connectivity index (χ0v) is 16.1. The number of aromatic nitrogens is 2. The number of fused-ring (bicyclic) bond motifs is 3. The summed E-state index contributed by atoms with van der Waals surface area (Å²) < 4.78 is 11.5. The lowest BCUT2D eigenvalue weighted by Gasteiger charge is -2.11. The minimum absolute atomic E-state index is 0.245. The van der Waals surface area contributed by atoms with Gasteiger partial charge in [0.2, 0.25) is 0 Å². The average Bonchev–Trinajstić information content (AvgIpc) is 3.09. The number of hydrogen-bond donors (Lipinski definition) is 2. The van der Waals surface area contributed by atoms with E-state index in [0.717, 1.165) is 21.8 Å². The number of carbonyl (C=O) groups is 1. The molecule has 0 aliphatic rings. The number of nitrogens with zero attached hydrogens (tertiary/aromatic N) is 1. The molecule has 0 atom stereocenters. The number of amides is 1. The highest BCUT2D eigenvalue weighted by Gasteiger charge is 2.20. The third kappa shape index (κ3) is 3.17. The van der Waals surface area contributed by atoms with Gasteiger partial charge in [-0.15, -0.1) is 0 Å². The Bertz CT molecular complexity index is 1170. The number of ether oxygens (including phenoxy) is 2. The van der Waals surface area contributed by atoms with Crippen LogP contribution >= 0.6 is 11.6 Å². The molecule has 4 aromatic rings. The van der Waals surface area contributed by atoms with Gasteiger partial charge in [-0.25, -0.2) is 4.98 Å². The van der Waals surface area contributed by atoms with Crippen molar-refractivity contribution in [1.29, 1.82) is 0 Å². The summed E-state index contributed by atoms with van der Waals surface area (Å²) in [5.41, 5.74) is 2.73. The Kier molecular flexibility index (Phi) is 4.90. The molecule has 0 unspecified atom stereocenters. The number of aromatic amines is 1. The fraction of sp³-hybridized carbons (Fsp3) is 0.143. The first-order valence-corrected chi connectivity index (χ1v) is 9.07. The van der Waals surface area contributed by atoms with Crippen LogP contribution in [-0.2, 0) is 11.3 Å². The third-order valence-corrected chi connectivity index (χ3v) is 4.75. The molecule has 2 N–H and O–H groups in total. The summed E-state index contributed by atoms with van der Waals surface area (Å²) in [7, 11) is 3.17. The number of halogens is 1. The summed E-state index contributed by atoms with van der Waals surface area (Å²) in [5.74, 6) is 1.07. The lowest BCUT2D eigenvalue weighted by Crippen LogP contribution is -2.21. The number of benzene rings is 2. The van der Waals surface area contributed by atoms with Crippen molar-refractivity contribution in [3.8, 4) is 11.5 Å². The first-order valence-electron chi connectivity index (χ1n) is 8.69. The highest BCUT2D eigenvalue weighted by Crippen LogP contribution is 2.38. The molecule has 1 amide bonds. The summed E-state index contributed by atoms with van der Waals surface area (Å²) in [6.45, 7) is 0.245. The average molecular weight is 396 g/mol. The van der Waals surface area contributed by atoms with E-state index in [1.165, 1.54) is 0 Å². The van der Waals surface area contributed by atoms with Crippen LogP contribution in [0.15, 0.2) is 48.7 Å². The van der Waals surface area contributed by atoms with Crippen molar-refractivity contribution in [3.05, 3.63) is 64.9 Å². The molecule has 0 saturated heterocycles. The van der Waals surface area contributed by atoms with Crippen LogP contribution in [0.2, 0.25) is 5.02 Å². The van der Waals surface area contributed by atoms with Crippen LogP contribution in [0.3, 0.4) is 0 Å². The monoisotopic (exact) mass is 395 g/mol. The van der Waals surface area contributed by atoms with E-state index in [1.54, 1.807) is 32.5 Å². The van der Waals surface area contributed by atoms with Crippen LogP contribution < -0.4 is 10.1 Å². The summed E-state index contributed by atoms with van der Waals surface area (Å²) >= 11 is 5.97. The molecule has 0 aliphatic carbocycles. The van der Waals surface area contributed by atoms with Crippen molar-refractivity contribution in [2.45, 2.75) is 6.61 Å². The number of hydrogen-bond acceptors (Lipinski definition) is 4. The number of methoxy groups -OCH3 is 1. The Morgan fingerprint density at radius 2 is 1.93 bits per heavy atom. The molecule has 2 aromatic carbocycles. The molecule has 6 nitrogen and oxygen atoms in total. The minimum atomic E-state index is -0.264. The van der Waals surface area contributed by atoms with Crippen molar-refractivity contribution in [2.75, 3.05) is 14.2 Å². The molecule has 2 heterocycles. The summed E-state index contributed by atoms with van der Waals surface area (Å²) in [5, 5.41) is 5.00. The van der Waals surface area contributed by atoms with E-state index in [-0.39, 0.29) is 12.5 Å². The Balaban J connectivity index is 1.97. The van der Waals surface area contributed by atoms with Crippen LogP contribution in [0.5, 0.6) is 11.5 Å². The van der Waals surface area contributed by atoms with Crippen molar-refractivity contribution in [2.24, 2.45) is 0 Å². The SMILES string of the molecule is CNC(=O)c1ncc2[nH]c3cccc(Oc4ccc(Cl)cc4)c3c2c1COC. The Morgan fingerprint density at radius 3 is 2.64 bits per heavy atom. The van der Waals surface area contributed by atoms with Gasteiger partial charge in [-0.2, -0.15) is 0 Å². The quantitative estimate of drug-likeness (QED) is 0.515. The fourth-order valence-corrected chi connectivity index (χ4v) is 3.41. The molecule has 7 heteroatoms. The zero-order valence-electron chi connectivity index (χ0n) is 15.4. The fourth-order valence-electron chi connectivity index (χ4n) is 3.28. The van der Waals surface area contributed by atoms with Crippen LogP contribution in [0.25, 0.3) is 21.8 Å². The van der Waals surface area contributed by atoms with Gasteiger partial charge < -0.3 is 19.8 Å². The van der Waals surface area contributed by atoms with Gasteiger partial charge in [0.25, 0.3) is 5.91 Å². The molecule has 4 rings (SSSR count). The molecule has 0 bridgehead atoms. The van der Waals surface area contributed by atoms with E-state index in [0.29, 0.717) is 27.8 Å². The lowest BCUT2D eigenvalue weighted by atomic mass is 10.0. The first-order chi connectivity index (χ1) is 13.6. The molecule has 28 heavy (non-hydrogen) atoms. The summed E-state index contributed by atoms with van der Waals surface area (Å²) in [4.78, 5) is 20.0. The minimum Gasteiger partial charge on any atom is -0.457 e. The highest BCUT2D eigenvalue weighted by molar-refractivity contribution is 6.30. The molecule has 0 saturated carbocycles. The summed E-state index contributed by atoms with van der Waals surface area (Å²) in [6.07, 6.45) is 1.66. The lowest BCUT2D eigenvalue weighted by molar-refractivity contribution is 0.0953. The third-order valence-electron chi connectivity index (χ3n) is 4.50. The van der Waals surface area contributed by atoms with Crippen molar-refractivity contribution in [1.82, 2.24) is 15.3 Å². The molecule has 0 fully saturated rings. The van der Waals surface area contributed by atoms with E-state index in [2.05, 4.69) is 15.3 Å². The molecule has 0 aliphatic heterocycles. The Hall–Kier alpha value is -3.09. The standard InChI is InChI=1S/C21H18ClN3O3/c1-23-21(26)20-14(11-27-2)18-16(10-24-20)25-15-4-3-5-17(19(15)18)28-13-8-6-12(22)7-9-13/h3-10,25H,11H2,1-2H3,(H,23,26). The molecule has 142 valence electrons. The van der Waals surface area contributed by atoms with E-state index < -0.39 is 0 Å². The highest BCUT2D eigenvalue weighted by atomic mass is 35.5. The molecule has 2 aromatic heterocycles. The topological polar surface area (TPSA) is 76.2 Å². The van der Waals surface area contributed by atoms with Gasteiger partial charge in [0, 0.05) is 30.1 Å². The Labute approximate surface area is 166 Å². The van der Waals surface area contributed by atoms with E-state index in [4.69, 9.17) is 21.1 Å². The molecular formula is C21H18ClN3O3. The van der Waals surface area contributed by atoms with E-state index in [9.17, 15) is 4.79 Å². The van der Waals surface area contributed by atoms with Gasteiger partial charge in [0.05, 0.1) is 29.2 Å². The van der Waals surface area contributed by atoms with Gasteiger partial charge in [-0.1, -0.05) is 17.7 Å².